The second-order valence-electron chi connectivity index (χ2n) is 10.3. The highest BCUT2D eigenvalue weighted by atomic mass is 16.2. The van der Waals surface area contributed by atoms with E-state index in [0.717, 1.165) is 52.4 Å². The molecule has 4 heterocycles. The van der Waals surface area contributed by atoms with Crippen LogP contribution >= 0.6 is 0 Å². The van der Waals surface area contributed by atoms with Crippen LogP contribution < -0.4 is 11.1 Å². The van der Waals surface area contributed by atoms with E-state index in [-0.39, 0.29) is 17.9 Å². The molecule has 178 valence electrons. The summed E-state index contributed by atoms with van der Waals surface area (Å²) >= 11 is 0. The number of carbonyl (C=O) groups is 2. The maximum absolute atomic E-state index is 13.4. The monoisotopic (exact) mass is 466 g/mol. The molecule has 35 heavy (non-hydrogen) atoms. The smallest absolute Gasteiger partial charge is 0.259 e. The number of benzene rings is 1. The van der Waals surface area contributed by atoms with Gasteiger partial charge in [0.05, 0.1) is 16.7 Å². The Kier molecular flexibility index (Phi) is 4.97. The number of imide groups is 1. The first-order valence-electron chi connectivity index (χ1n) is 12.4. The maximum atomic E-state index is 13.4. The van der Waals surface area contributed by atoms with Gasteiger partial charge >= 0.3 is 0 Å². The van der Waals surface area contributed by atoms with Crippen molar-refractivity contribution >= 4 is 39.4 Å². The molecule has 2 aliphatic rings. The highest BCUT2D eigenvalue weighted by Gasteiger charge is 2.39. The van der Waals surface area contributed by atoms with E-state index >= 15 is 0 Å². The van der Waals surface area contributed by atoms with Gasteiger partial charge in [0.15, 0.2) is 0 Å². The SMILES string of the molecule is CC(C)[C@H](N)[C@H]1CCc2c(c(C3=C(c4cn(C)c5ccccc45)C(=O)NC3=O)c3ccccn23)C1. The minimum atomic E-state index is -0.336. The topological polar surface area (TPSA) is 81.5 Å². The van der Waals surface area contributed by atoms with E-state index in [4.69, 9.17) is 5.73 Å². The molecule has 1 aliphatic carbocycles. The molecular weight excluding hydrogens is 436 g/mol. The Morgan fingerprint density at radius 2 is 1.71 bits per heavy atom. The summed E-state index contributed by atoms with van der Waals surface area (Å²) in [7, 11) is 1.97. The standard InChI is InChI=1S/C29H30N4O2/c1-16(2)27(30)17-11-12-22-19(14-17)24(23-10-6-7-13-33(22)23)26-25(28(34)31-29(26)35)20-15-32(3)21-9-5-4-8-18(20)21/h4-10,13,15-17,27H,11-12,14,30H2,1-3H3,(H,31,34,35)/t17-,27-/m0/s1. The van der Waals surface area contributed by atoms with E-state index in [9.17, 15) is 9.59 Å². The van der Waals surface area contributed by atoms with Gasteiger partial charge in [-0.05, 0) is 54.9 Å². The van der Waals surface area contributed by atoms with Crippen LogP contribution in [0.4, 0.5) is 0 Å². The molecule has 3 aromatic heterocycles. The number of pyridine rings is 1. The molecule has 1 aromatic carbocycles. The molecule has 6 nitrogen and oxygen atoms in total. The Hall–Kier alpha value is -3.64. The van der Waals surface area contributed by atoms with Crippen molar-refractivity contribution in [1.29, 1.82) is 0 Å². The zero-order valence-electron chi connectivity index (χ0n) is 20.3. The van der Waals surface area contributed by atoms with Crippen molar-refractivity contribution in [3.05, 3.63) is 77.2 Å². The summed E-state index contributed by atoms with van der Waals surface area (Å²) in [5.41, 5.74) is 13.6. The minimum absolute atomic E-state index is 0.0876. The summed E-state index contributed by atoms with van der Waals surface area (Å²) in [4.78, 5) is 26.7. The summed E-state index contributed by atoms with van der Waals surface area (Å²) < 4.78 is 4.21. The molecule has 2 atom stereocenters. The largest absolute Gasteiger partial charge is 0.350 e. The van der Waals surface area contributed by atoms with E-state index in [1.807, 2.05) is 54.2 Å². The summed E-state index contributed by atoms with van der Waals surface area (Å²) in [6.07, 6.45) is 6.75. The van der Waals surface area contributed by atoms with Crippen molar-refractivity contribution in [2.45, 2.75) is 39.2 Å². The molecule has 0 spiro atoms. The van der Waals surface area contributed by atoms with Crippen LogP contribution in [-0.4, -0.2) is 26.8 Å². The number of hydrogen-bond donors (Lipinski definition) is 2. The molecule has 0 saturated heterocycles. The van der Waals surface area contributed by atoms with E-state index in [1.165, 1.54) is 5.69 Å². The van der Waals surface area contributed by atoms with Crippen LogP contribution in [0.3, 0.4) is 0 Å². The average Bonchev–Trinajstić information content (AvgIpc) is 3.46. The number of fused-ring (bicyclic) bond motifs is 4. The fraction of sp³-hybridized carbons (Fsp3) is 0.310. The van der Waals surface area contributed by atoms with Crippen molar-refractivity contribution in [2.24, 2.45) is 24.6 Å². The molecule has 0 fully saturated rings. The molecule has 3 N–H and O–H groups in total. The van der Waals surface area contributed by atoms with Crippen LogP contribution in [0.25, 0.3) is 27.6 Å². The number of para-hydroxylation sites is 1. The van der Waals surface area contributed by atoms with Crippen molar-refractivity contribution < 1.29 is 9.59 Å². The molecule has 6 heteroatoms. The van der Waals surface area contributed by atoms with Crippen LogP contribution in [0.5, 0.6) is 0 Å². The fourth-order valence-corrected chi connectivity index (χ4v) is 6.15. The number of aromatic nitrogens is 2. The third kappa shape index (κ3) is 3.20. The third-order valence-electron chi connectivity index (χ3n) is 7.94. The normalized spacial score (nSPS) is 19.2. The zero-order valence-corrected chi connectivity index (χ0v) is 20.3. The summed E-state index contributed by atoms with van der Waals surface area (Å²) in [5.74, 6) is 0.0493. The lowest BCUT2D eigenvalue weighted by Gasteiger charge is -2.31. The minimum Gasteiger partial charge on any atom is -0.350 e. The average molecular weight is 467 g/mol. The summed E-state index contributed by atoms with van der Waals surface area (Å²) in [6.45, 7) is 4.34. The first kappa shape index (κ1) is 21.9. The van der Waals surface area contributed by atoms with Crippen molar-refractivity contribution in [3.8, 4) is 0 Å². The molecule has 0 radical (unpaired) electrons. The van der Waals surface area contributed by atoms with Gasteiger partial charge in [0.1, 0.15) is 0 Å². The first-order chi connectivity index (χ1) is 16.9. The lowest BCUT2D eigenvalue weighted by Crippen LogP contribution is -2.38. The molecule has 2 amide bonds. The van der Waals surface area contributed by atoms with E-state index < -0.39 is 0 Å². The van der Waals surface area contributed by atoms with E-state index in [1.54, 1.807) is 0 Å². The second kappa shape index (κ2) is 7.95. The summed E-state index contributed by atoms with van der Waals surface area (Å²) in [5, 5.41) is 3.57. The zero-order chi connectivity index (χ0) is 24.4. The number of amides is 2. The number of aryl methyl sites for hydroxylation is 2. The lowest BCUT2D eigenvalue weighted by atomic mass is 9.77. The third-order valence-corrected chi connectivity index (χ3v) is 7.94. The van der Waals surface area contributed by atoms with Crippen LogP contribution in [0.1, 0.15) is 42.7 Å². The van der Waals surface area contributed by atoms with Crippen LogP contribution in [-0.2, 0) is 29.5 Å². The van der Waals surface area contributed by atoms with Gasteiger partial charge in [0, 0.05) is 53.2 Å². The Bertz CT molecular complexity index is 1550. The maximum Gasteiger partial charge on any atom is 0.259 e. The van der Waals surface area contributed by atoms with Crippen molar-refractivity contribution in [2.75, 3.05) is 0 Å². The van der Waals surface area contributed by atoms with E-state index in [0.29, 0.717) is 23.0 Å². The molecule has 4 aromatic rings. The van der Waals surface area contributed by atoms with Gasteiger partial charge < -0.3 is 14.7 Å². The number of nitrogens with zero attached hydrogens (tertiary/aromatic N) is 2. The van der Waals surface area contributed by atoms with Crippen molar-refractivity contribution in [1.82, 2.24) is 14.3 Å². The summed E-state index contributed by atoms with van der Waals surface area (Å²) in [6, 6.07) is 14.1. The van der Waals surface area contributed by atoms with Crippen LogP contribution in [0.15, 0.2) is 54.9 Å². The van der Waals surface area contributed by atoms with Gasteiger partial charge in [0.2, 0.25) is 0 Å². The molecule has 6 rings (SSSR count). The Morgan fingerprint density at radius 1 is 1.00 bits per heavy atom. The Labute approximate surface area is 204 Å². The second-order valence-corrected chi connectivity index (χ2v) is 10.3. The Balaban J connectivity index is 1.65. The van der Waals surface area contributed by atoms with Gasteiger partial charge in [-0.1, -0.05) is 38.1 Å². The first-order valence-corrected chi connectivity index (χ1v) is 12.4. The number of hydrogen-bond acceptors (Lipinski definition) is 3. The molecule has 0 saturated carbocycles. The predicted octanol–water partition coefficient (Wildman–Crippen LogP) is 4.09. The Morgan fingerprint density at radius 3 is 2.51 bits per heavy atom. The van der Waals surface area contributed by atoms with E-state index in [2.05, 4.69) is 35.8 Å². The number of carbonyl (C=O) groups excluding carboxylic acids is 2. The molecule has 1 aliphatic heterocycles. The van der Waals surface area contributed by atoms with Gasteiger partial charge in [-0.15, -0.1) is 0 Å². The van der Waals surface area contributed by atoms with Gasteiger partial charge in [-0.2, -0.15) is 0 Å². The van der Waals surface area contributed by atoms with Crippen molar-refractivity contribution in [3.63, 3.8) is 0 Å². The number of nitrogens with two attached hydrogens (primary N) is 1. The highest BCUT2D eigenvalue weighted by molar-refractivity contribution is 6.50. The molecule has 0 unspecified atom stereocenters. The van der Waals surface area contributed by atoms with Crippen LogP contribution in [0.2, 0.25) is 0 Å². The van der Waals surface area contributed by atoms with Crippen LogP contribution in [0, 0.1) is 11.8 Å². The lowest BCUT2D eigenvalue weighted by molar-refractivity contribution is -0.122. The molecule has 0 bridgehead atoms. The predicted molar refractivity (Wildman–Crippen MR) is 139 cm³/mol. The quantitative estimate of drug-likeness (QED) is 0.445. The highest BCUT2D eigenvalue weighted by Crippen LogP contribution is 2.43. The number of nitrogens with one attached hydrogen (secondary N) is 1. The van der Waals surface area contributed by atoms with Gasteiger partial charge in [-0.3, -0.25) is 14.9 Å². The van der Waals surface area contributed by atoms with Gasteiger partial charge in [-0.25, -0.2) is 0 Å². The molecular formula is C29H30N4O2. The van der Waals surface area contributed by atoms with Gasteiger partial charge in [0.25, 0.3) is 11.8 Å². The fourth-order valence-electron chi connectivity index (χ4n) is 6.15. The number of rotatable bonds is 4.